The zero-order chi connectivity index (χ0) is 14.9. The van der Waals surface area contributed by atoms with Crippen LogP contribution in [0.25, 0.3) is 0 Å². The Kier molecular flexibility index (Phi) is 4.37. The molecular formula is C19H30N2. The molecule has 1 heterocycles. The quantitative estimate of drug-likeness (QED) is 0.904. The molecule has 1 aliphatic carbocycles. The van der Waals surface area contributed by atoms with Gasteiger partial charge in [0, 0.05) is 30.7 Å². The first kappa shape index (κ1) is 15.1. The van der Waals surface area contributed by atoms with Crippen LogP contribution in [0.4, 0.5) is 0 Å². The predicted molar refractivity (Wildman–Crippen MR) is 89.4 cm³/mol. The summed E-state index contributed by atoms with van der Waals surface area (Å²) in [5, 5.41) is 3.80. The fourth-order valence-corrected chi connectivity index (χ4v) is 4.32. The Balaban J connectivity index is 1.82. The Morgan fingerprint density at radius 3 is 2.43 bits per heavy atom. The maximum absolute atomic E-state index is 3.80. The third-order valence-electron chi connectivity index (χ3n) is 5.70. The molecular weight excluding hydrogens is 256 g/mol. The fourth-order valence-electron chi connectivity index (χ4n) is 4.32. The van der Waals surface area contributed by atoms with Crippen LogP contribution in [0.5, 0.6) is 0 Å². The number of hydrogen-bond acceptors (Lipinski definition) is 2. The highest BCUT2D eigenvalue weighted by molar-refractivity contribution is 5.20. The molecule has 2 unspecified atom stereocenters. The van der Waals surface area contributed by atoms with Crippen LogP contribution in [0.3, 0.4) is 0 Å². The molecule has 2 nitrogen and oxygen atoms in total. The van der Waals surface area contributed by atoms with Crippen LogP contribution in [0.15, 0.2) is 30.3 Å². The van der Waals surface area contributed by atoms with Crippen molar-refractivity contribution in [3.63, 3.8) is 0 Å². The van der Waals surface area contributed by atoms with Crippen molar-refractivity contribution in [2.24, 2.45) is 5.92 Å². The van der Waals surface area contributed by atoms with Crippen molar-refractivity contribution in [1.82, 2.24) is 10.2 Å². The zero-order valence-corrected chi connectivity index (χ0v) is 13.8. The number of hydrogen-bond donors (Lipinski definition) is 1. The van der Waals surface area contributed by atoms with Crippen LogP contribution in [-0.2, 0) is 0 Å². The van der Waals surface area contributed by atoms with E-state index in [9.17, 15) is 0 Å². The lowest BCUT2D eigenvalue weighted by atomic mass is 9.87. The molecule has 1 aromatic carbocycles. The highest BCUT2D eigenvalue weighted by atomic mass is 15.3. The fraction of sp³-hybridized carbons (Fsp3) is 0.684. The summed E-state index contributed by atoms with van der Waals surface area (Å²) in [6.45, 7) is 9.53. The number of piperazine rings is 1. The molecule has 0 aromatic heterocycles. The van der Waals surface area contributed by atoms with Crippen molar-refractivity contribution in [2.75, 3.05) is 13.1 Å². The Bertz CT molecular complexity index is 448. The molecule has 1 saturated carbocycles. The maximum Gasteiger partial charge on any atom is 0.0450 e. The first-order chi connectivity index (χ1) is 10.1. The average molecular weight is 286 g/mol. The third-order valence-corrected chi connectivity index (χ3v) is 5.70. The van der Waals surface area contributed by atoms with E-state index < -0.39 is 0 Å². The smallest absolute Gasteiger partial charge is 0.0450 e. The summed E-state index contributed by atoms with van der Waals surface area (Å²) >= 11 is 0. The van der Waals surface area contributed by atoms with Crippen LogP contribution in [-0.4, -0.2) is 29.6 Å². The van der Waals surface area contributed by atoms with E-state index in [2.05, 4.69) is 61.3 Å². The molecule has 0 amide bonds. The predicted octanol–water partition coefficient (Wildman–Crippen LogP) is 3.99. The highest BCUT2D eigenvalue weighted by Crippen LogP contribution is 2.39. The van der Waals surface area contributed by atoms with Crippen molar-refractivity contribution in [2.45, 2.75) is 64.1 Å². The van der Waals surface area contributed by atoms with Crippen molar-refractivity contribution >= 4 is 0 Å². The summed E-state index contributed by atoms with van der Waals surface area (Å²) in [4.78, 5) is 2.85. The lowest BCUT2D eigenvalue weighted by Gasteiger charge is -2.50. The van der Waals surface area contributed by atoms with E-state index >= 15 is 0 Å². The Labute approximate surface area is 129 Å². The second-order valence-corrected chi connectivity index (χ2v) is 7.54. The van der Waals surface area contributed by atoms with Gasteiger partial charge in [-0.15, -0.1) is 0 Å². The van der Waals surface area contributed by atoms with E-state index in [-0.39, 0.29) is 0 Å². The van der Waals surface area contributed by atoms with Gasteiger partial charge in [-0.1, -0.05) is 57.0 Å². The van der Waals surface area contributed by atoms with Crippen LogP contribution >= 0.6 is 0 Å². The van der Waals surface area contributed by atoms with Crippen LogP contribution < -0.4 is 5.32 Å². The van der Waals surface area contributed by atoms with E-state index in [1.807, 2.05) is 0 Å². The minimum atomic E-state index is 0.421. The Morgan fingerprint density at radius 2 is 1.81 bits per heavy atom. The molecule has 21 heavy (non-hydrogen) atoms. The molecule has 2 aliphatic rings. The van der Waals surface area contributed by atoms with Crippen molar-refractivity contribution < 1.29 is 0 Å². The van der Waals surface area contributed by atoms with Gasteiger partial charge >= 0.3 is 0 Å². The van der Waals surface area contributed by atoms with E-state index in [0.717, 1.165) is 13.1 Å². The molecule has 1 saturated heterocycles. The van der Waals surface area contributed by atoms with Gasteiger partial charge in [0.1, 0.15) is 0 Å². The van der Waals surface area contributed by atoms with Crippen molar-refractivity contribution in [3.05, 3.63) is 35.9 Å². The van der Waals surface area contributed by atoms with Crippen molar-refractivity contribution in [3.8, 4) is 0 Å². The normalized spacial score (nSPS) is 29.9. The number of nitrogens with zero attached hydrogens (tertiary/aromatic N) is 1. The maximum atomic E-state index is 3.80. The van der Waals surface area contributed by atoms with E-state index in [4.69, 9.17) is 0 Å². The molecule has 0 radical (unpaired) electrons. The van der Waals surface area contributed by atoms with Crippen molar-refractivity contribution in [1.29, 1.82) is 0 Å². The van der Waals surface area contributed by atoms with Gasteiger partial charge in [-0.3, -0.25) is 4.90 Å². The van der Waals surface area contributed by atoms with Gasteiger partial charge in [0.15, 0.2) is 0 Å². The van der Waals surface area contributed by atoms with E-state index in [1.165, 1.54) is 31.2 Å². The summed E-state index contributed by atoms with van der Waals surface area (Å²) < 4.78 is 0. The Hall–Kier alpha value is -0.860. The van der Waals surface area contributed by atoms with E-state index in [1.54, 1.807) is 0 Å². The highest BCUT2D eigenvalue weighted by Gasteiger charge is 2.42. The largest absolute Gasteiger partial charge is 0.307 e. The summed E-state index contributed by atoms with van der Waals surface area (Å²) in [6.07, 6.45) is 5.55. The average Bonchev–Trinajstić information content (AvgIpc) is 2.95. The summed E-state index contributed by atoms with van der Waals surface area (Å²) in [6, 6.07) is 12.1. The van der Waals surface area contributed by atoms with Gasteiger partial charge in [0.25, 0.3) is 0 Å². The number of benzene rings is 1. The molecule has 2 heteroatoms. The van der Waals surface area contributed by atoms with Crippen LogP contribution in [0, 0.1) is 5.92 Å². The third kappa shape index (κ3) is 3.02. The zero-order valence-electron chi connectivity index (χ0n) is 13.8. The first-order valence-corrected chi connectivity index (χ1v) is 8.65. The molecule has 1 aromatic rings. The monoisotopic (exact) mass is 286 g/mol. The molecule has 2 atom stereocenters. The molecule has 0 spiro atoms. The molecule has 2 fully saturated rings. The summed E-state index contributed by atoms with van der Waals surface area (Å²) in [5.41, 5.74) is 1.86. The van der Waals surface area contributed by atoms with Gasteiger partial charge in [-0.2, -0.15) is 0 Å². The minimum Gasteiger partial charge on any atom is -0.307 e. The van der Waals surface area contributed by atoms with Crippen LogP contribution in [0.2, 0.25) is 0 Å². The minimum absolute atomic E-state index is 0.421. The summed E-state index contributed by atoms with van der Waals surface area (Å²) in [7, 11) is 0. The Morgan fingerprint density at radius 1 is 1.14 bits per heavy atom. The molecule has 1 aliphatic heterocycles. The lowest BCUT2D eigenvalue weighted by Crippen LogP contribution is -2.61. The summed E-state index contributed by atoms with van der Waals surface area (Å²) in [5.74, 6) is 0.714. The topological polar surface area (TPSA) is 15.3 Å². The number of nitrogens with one attached hydrogen (secondary N) is 1. The molecule has 1 N–H and O–H groups in total. The van der Waals surface area contributed by atoms with Gasteiger partial charge in [-0.25, -0.2) is 0 Å². The SMILES string of the molecule is CC(C)C1CNC(c2ccccc2)CN1C1(C)CCCC1. The van der Waals surface area contributed by atoms with Gasteiger partial charge in [0.2, 0.25) is 0 Å². The second-order valence-electron chi connectivity index (χ2n) is 7.54. The van der Waals surface area contributed by atoms with Gasteiger partial charge in [-0.05, 0) is 31.2 Å². The first-order valence-electron chi connectivity index (χ1n) is 8.65. The molecule has 116 valence electrons. The lowest BCUT2D eigenvalue weighted by molar-refractivity contribution is 0.00317. The molecule has 0 bridgehead atoms. The molecule has 3 rings (SSSR count). The van der Waals surface area contributed by atoms with Gasteiger partial charge < -0.3 is 5.32 Å². The van der Waals surface area contributed by atoms with E-state index in [0.29, 0.717) is 23.5 Å². The standard InChI is InChI=1S/C19H30N2/c1-15(2)18-13-20-17(16-9-5-4-6-10-16)14-21(18)19(3)11-7-8-12-19/h4-6,9-10,15,17-18,20H,7-8,11-14H2,1-3H3. The van der Waals surface area contributed by atoms with Crippen LogP contribution in [0.1, 0.15) is 58.1 Å². The van der Waals surface area contributed by atoms with Gasteiger partial charge in [0.05, 0.1) is 0 Å². The number of rotatable bonds is 3. The second kappa shape index (κ2) is 6.10.